The second kappa shape index (κ2) is 8.64. The zero-order chi connectivity index (χ0) is 24.8. The van der Waals surface area contributed by atoms with Crippen LogP contribution >= 0.6 is 0 Å². The van der Waals surface area contributed by atoms with E-state index >= 15 is 0 Å². The van der Waals surface area contributed by atoms with Crippen molar-refractivity contribution in [3.05, 3.63) is 82.9 Å². The van der Waals surface area contributed by atoms with Crippen LogP contribution in [0.5, 0.6) is 23.0 Å². The van der Waals surface area contributed by atoms with Gasteiger partial charge in [-0.2, -0.15) is 0 Å². The number of ether oxygens (including phenoxy) is 4. The Hall–Kier alpha value is -4.46. The molecule has 0 bridgehead atoms. The molecule has 3 heterocycles. The first-order valence-electron chi connectivity index (χ1n) is 11.7. The van der Waals surface area contributed by atoms with E-state index in [1.165, 1.54) is 4.90 Å². The molecule has 1 atom stereocenters. The topological polar surface area (TPSA) is 94.5 Å². The molecule has 1 N–H and O–H groups in total. The second-order valence-electron chi connectivity index (χ2n) is 8.63. The summed E-state index contributed by atoms with van der Waals surface area (Å²) in [6.07, 6.45) is 0.710. The van der Waals surface area contributed by atoms with Crippen LogP contribution in [-0.2, 0) is 16.0 Å². The zero-order valence-corrected chi connectivity index (χ0v) is 19.5. The first kappa shape index (κ1) is 22.0. The number of Topliss-reactive ketones (excluding diaryl/α,β-unsaturated/α-hetero) is 1. The lowest BCUT2D eigenvalue weighted by Gasteiger charge is -2.26. The van der Waals surface area contributed by atoms with Gasteiger partial charge in [0.25, 0.3) is 11.7 Å². The molecular formula is C28H23NO7. The fourth-order valence-electron chi connectivity index (χ4n) is 4.88. The third-order valence-electron chi connectivity index (χ3n) is 6.53. The highest BCUT2D eigenvalue weighted by Gasteiger charge is 2.47. The van der Waals surface area contributed by atoms with E-state index in [2.05, 4.69) is 0 Å². The van der Waals surface area contributed by atoms with Crippen molar-refractivity contribution >= 4 is 23.1 Å². The van der Waals surface area contributed by atoms with Gasteiger partial charge in [0.05, 0.1) is 24.8 Å². The zero-order valence-electron chi connectivity index (χ0n) is 19.5. The highest BCUT2D eigenvalue weighted by Crippen LogP contribution is 2.45. The summed E-state index contributed by atoms with van der Waals surface area (Å²) in [5, 5.41) is 11.4. The van der Waals surface area contributed by atoms with Crippen molar-refractivity contribution in [2.24, 2.45) is 0 Å². The summed E-state index contributed by atoms with van der Waals surface area (Å²) in [5.41, 5.74) is 2.48. The molecule has 3 aliphatic heterocycles. The Bertz CT molecular complexity index is 1430. The molecule has 182 valence electrons. The van der Waals surface area contributed by atoms with Gasteiger partial charge >= 0.3 is 0 Å². The van der Waals surface area contributed by atoms with Crippen LogP contribution in [0.4, 0.5) is 5.69 Å². The molecule has 3 aliphatic rings. The highest BCUT2D eigenvalue weighted by molar-refractivity contribution is 6.51. The largest absolute Gasteiger partial charge is 0.507 e. The highest BCUT2D eigenvalue weighted by atomic mass is 16.7. The monoisotopic (exact) mass is 485 g/mol. The fraction of sp³-hybridized carbons (Fsp3) is 0.214. The number of hydrogen-bond acceptors (Lipinski definition) is 7. The average Bonchev–Trinajstić information content (AvgIpc) is 3.61. The van der Waals surface area contributed by atoms with E-state index in [1.807, 2.05) is 13.0 Å². The Morgan fingerprint density at radius 3 is 2.69 bits per heavy atom. The molecule has 6 rings (SSSR count). The van der Waals surface area contributed by atoms with Gasteiger partial charge < -0.3 is 24.1 Å². The molecule has 1 amide bonds. The summed E-state index contributed by atoms with van der Waals surface area (Å²) < 4.78 is 22.2. The summed E-state index contributed by atoms with van der Waals surface area (Å²) in [6, 6.07) is 16.7. The smallest absolute Gasteiger partial charge is 0.300 e. The van der Waals surface area contributed by atoms with Crippen LogP contribution < -0.4 is 23.8 Å². The number of benzene rings is 3. The number of amides is 1. The Morgan fingerprint density at radius 2 is 1.83 bits per heavy atom. The molecule has 0 saturated carbocycles. The lowest BCUT2D eigenvalue weighted by Crippen LogP contribution is -2.29. The Morgan fingerprint density at radius 1 is 1.00 bits per heavy atom. The van der Waals surface area contributed by atoms with E-state index < -0.39 is 17.7 Å². The maximum absolute atomic E-state index is 13.4. The van der Waals surface area contributed by atoms with Crippen LogP contribution in [0.1, 0.15) is 29.7 Å². The molecule has 0 aromatic heterocycles. The third-order valence-corrected chi connectivity index (χ3v) is 6.53. The number of fused-ring (bicyclic) bond motifs is 2. The van der Waals surface area contributed by atoms with E-state index in [1.54, 1.807) is 54.6 Å². The van der Waals surface area contributed by atoms with Gasteiger partial charge in [-0.3, -0.25) is 14.5 Å². The van der Waals surface area contributed by atoms with Crippen LogP contribution in [0.3, 0.4) is 0 Å². The van der Waals surface area contributed by atoms with Gasteiger partial charge in [0.1, 0.15) is 17.3 Å². The van der Waals surface area contributed by atoms with Crippen molar-refractivity contribution in [3.63, 3.8) is 0 Å². The van der Waals surface area contributed by atoms with Crippen molar-refractivity contribution in [1.29, 1.82) is 0 Å². The van der Waals surface area contributed by atoms with E-state index in [4.69, 9.17) is 18.9 Å². The van der Waals surface area contributed by atoms with E-state index in [9.17, 15) is 14.7 Å². The van der Waals surface area contributed by atoms with Gasteiger partial charge in [0.15, 0.2) is 11.5 Å². The summed E-state index contributed by atoms with van der Waals surface area (Å²) in [7, 11) is 0. The summed E-state index contributed by atoms with van der Waals surface area (Å²) >= 11 is 0. The predicted molar refractivity (Wildman–Crippen MR) is 131 cm³/mol. The molecule has 3 aromatic carbocycles. The van der Waals surface area contributed by atoms with Gasteiger partial charge in [-0.25, -0.2) is 0 Å². The third kappa shape index (κ3) is 3.53. The number of aliphatic hydroxyl groups is 1. The van der Waals surface area contributed by atoms with Crippen molar-refractivity contribution in [1.82, 2.24) is 0 Å². The molecule has 0 aliphatic carbocycles. The van der Waals surface area contributed by atoms with Crippen LogP contribution in [0.25, 0.3) is 5.76 Å². The Kier molecular flexibility index (Phi) is 5.29. The van der Waals surface area contributed by atoms with Gasteiger partial charge in [-0.1, -0.05) is 12.1 Å². The van der Waals surface area contributed by atoms with Crippen molar-refractivity contribution < 1.29 is 33.6 Å². The second-order valence-corrected chi connectivity index (χ2v) is 8.63. The molecule has 1 unspecified atom stereocenters. The number of hydrogen-bond donors (Lipinski definition) is 1. The molecule has 8 heteroatoms. The molecule has 1 saturated heterocycles. The van der Waals surface area contributed by atoms with E-state index in [0.29, 0.717) is 53.7 Å². The molecule has 8 nitrogen and oxygen atoms in total. The van der Waals surface area contributed by atoms with Gasteiger partial charge in [0, 0.05) is 23.7 Å². The summed E-state index contributed by atoms with van der Waals surface area (Å²) in [6.45, 7) is 2.99. The van der Waals surface area contributed by atoms with Crippen LogP contribution in [0.2, 0.25) is 0 Å². The molecule has 36 heavy (non-hydrogen) atoms. The van der Waals surface area contributed by atoms with E-state index in [0.717, 1.165) is 11.3 Å². The van der Waals surface area contributed by atoms with Crippen LogP contribution in [0.15, 0.2) is 66.2 Å². The minimum atomic E-state index is -0.879. The number of ketones is 1. The number of aliphatic hydroxyl groups excluding tert-OH is 1. The molecule has 0 radical (unpaired) electrons. The quantitative estimate of drug-likeness (QED) is 0.326. The number of rotatable bonds is 5. The first-order chi connectivity index (χ1) is 17.5. The first-order valence-corrected chi connectivity index (χ1v) is 11.7. The lowest BCUT2D eigenvalue weighted by atomic mass is 9.94. The van der Waals surface area contributed by atoms with Crippen LogP contribution in [-0.4, -0.2) is 36.8 Å². The fourth-order valence-corrected chi connectivity index (χ4v) is 4.88. The molecule has 0 spiro atoms. The maximum atomic E-state index is 13.4. The number of nitrogens with zero attached hydrogens (tertiary/aromatic N) is 1. The molecule has 3 aromatic rings. The summed E-state index contributed by atoms with van der Waals surface area (Å²) in [4.78, 5) is 28.3. The normalized spacial score (nSPS) is 19.4. The van der Waals surface area contributed by atoms with Crippen molar-refractivity contribution in [3.8, 4) is 23.0 Å². The lowest BCUT2D eigenvalue weighted by molar-refractivity contribution is -0.132. The maximum Gasteiger partial charge on any atom is 0.300 e. The SMILES string of the molecule is CCOc1cccc(C2/C(=C(\O)c3ccc4c(c3)CCO4)C(=O)C(=O)N2c2ccc3c(c2)OCO3)c1. The minimum Gasteiger partial charge on any atom is -0.507 e. The van der Waals surface area contributed by atoms with E-state index in [-0.39, 0.29) is 18.1 Å². The minimum absolute atomic E-state index is 0.00480. The predicted octanol–water partition coefficient (Wildman–Crippen LogP) is 4.38. The molecular weight excluding hydrogens is 462 g/mol. The average molecular weight is 485 g/mol. The van der Waals surface area contributed by atoms with Gasteiger partial charge in [-0.15, -0.1) is 0 Å². The number of carbonyl (C=O) groups excluding carboxylic acids is 2. The van der Waals surface area contributed by atoms with Crippen molar-refractivity contribution in [2.75, 3.05) is 24.9 Å². The molecule has 1 fully saturated rings. The van der Waals surface area contributed by atoms with Gasteiger partial charge in [-0.05, 0) is 60.5 Å². The standard InChI is InChI=1S/C28H23NO7/c1-2-33-20-5-3-4-17(13-20)25-24(26(30)18-6-8-21-16(12-18)10-11-34-21)27(31)28(32)29(25)19-7-9-22-23(14-19)36-15-35-22/h3-9,12-14,25,30H,2,10-11,15H2,1H3/b26-24+. The Labute approximate surface area is 207 Å². The summed E-state index contributed by atoms with van der Waals surface area (Å²) in [5.74, 6) is 0.647. The van der Waals surface area contributed by atoms with Crippen LogP contribution in [0, 0.1) is 0 Å². The Balaban J connectivity index is 1.53. The number of carbonyl (C=O) groups is 2. The number of anilines is 1. The van der Waals surface area contributed by atoms with Gasteiger partial charge in [0.2, 0.25) is 6.79 Å². The van der Waals surface area contributed by atoms with Crippen molar-refractivity contribution in [2.45, 2.75) is 19.4 Å².